The molecule has 3 N–H and O–H groups in total. The highest BCUT2D eigenvalue weighted by Gasteiger charge is 2.57. The van der Waals surface area contributed by atoms with Gasteiger partial charge < -0.3 is 29.8 Å². The molecule has 1 aliphatic heterocycles. The van der Waals surface area contributed by atoms with Gasteiger partial charge in [-0.1, -0.05) is 0 Å². The first-order valence-electron chi connectivity index (χ1n) is 9.96. The van der Waals surface area contributed by atoms with Gasteiger partial charge in [0.15, 0.2) is 17.5 Å². The van der Waals surface area contributed by atoms with Crippen LogP contribution in [0.2, 0.25) is 0 Å². The number of aromatic nitrogens is 2. The van der Waals surface area contributed by atoms with E-state index in [9.17, 15) is 18.3 Å². The van der Waals surface area contributed by atoms with Crippen molar-refractivity contribution in [2.24, 2.45) is 12.0 Å². The number of guanidine groups is 1. The number of aliphatic imine (C=N–C) groups is 1. The molecule has 31 heavy (non-hydrogen) atoms. The zero-order chi connectivity index (χ0) is 22.5. The topological polar surface area (TPSA) is 92.9 Å². The minimum absolute atomic E-state index is 0.279. The van der Waals surface area contributed by atoms with Crippen molar-refractivity contribution in [2.45, 2.75) is 31.5 Å². The molecule has 0 bridgehead atoms. The Labute approximate surface area is 178 Å². The zero-order valence-electron chi connectivity index (χ0n) is 17.4. The molecular formula is C20H26F3N5O3. The summed E-state index contributed by atoms with van der Waals surface area (Å²) in [7, 11) is 1.40. The predicted octanol–water partition coefficient (Wildman–Crippen LogP) is 2.80. The summed E-state index contributed by atoms with van der Waals surface area (Å²) in [6.45, 7) is 3.16. The van der Waals surface area contributed by atoms with Crippen molar-refractivity contribution in [3.05, 3.63) is 36.4 Å². The number of halogens is 3. The van der Waals surface area contributed by atoms with Crippen LogP contribution in [0.25, 0.3) is 0 Å². The second-order valence-electron chi connectivity index (χ2n) is 7.07. The van der Waals surface area contributed by atoms with E-state index < -0.39 is 24.0 Å². The molecule has 11 heteroatoms. The lowest BCUT2D eigenvalue weighted by Gasteiger charge is -2.29. The molecule has 0 fully saturated rings. The van der Waals surface area contributed by atoms with E-state index in [-0.39, 0.29) is 12.5 Å². The van der Waals surface area contributed by atoms with E-state index in [0.29, 0.717) is 36.9 Å². The van der Waals surface area contributed by atoms with Crippen LogP contribution in [0.4, 0.5) is 18.9 Å². The summed E-state index contributed by atoms with van der Waals surface area (Å²) in [5, 5.41) is 16.5. The smallest absolute Gasteiger partial charge is 0.424 e. The average Bonchev–Trinajstić information content (AvgIpc) is 3.01. The second-order valence-corrected chi connectivity index (χ2v) is 7.07. The molecule has 8 nitrogen and oxygen atoms in total. The van der Waals surface area contributed by atoms with Gasteiger partial charge in [-0.05, 0) is 19.1 Å². The Bertz CT molecular complexity index is 916. The van der Waals surface area contributed by atoms with Crippen molar-refractivity contribution in [1.82, 2.24) is 14.9 Å². The van der Waals surface area contributed by atoms with Crippen molar-refractivity contribution < 1.29 is 27.8 Å². The molecule has 2 aromatic rings. The van der Waals surface area contributed by atoms with E-state index in [1.54, 1.807) is 18.2 Å². The van der Waals surface area contributed by atoms with E-state index in [2.05, 4.69) is 20.6 Å². The third kappa shape index (κ3) is 5.22. The van der Waals surface area contributed by atoms with Gasteiger partial charge in [0.25, 0.3) is 0 Å². The number of alkyl halides is 3. The molecule has 0 aliphatic carbocycles. The van der Waals surface area contributed by atoms with Crippen molar-refractivity contribution in [3.63, 3.8) is 0 Å². The van der Waals surface area contributed by atoms with Gasteiger partial charge in [0.2, 0.25) is 5.60 Å². The van der Waals surface area contributed by atoms with Crippen molar-refractivity contribution in [3.8, 4) is 11.5 Å². The number of hydrogen-bond acceptors (Lipinski definition) is 5. The summed E-state index contributed by atoms with van der Waals surface area (Å²) < 4.78 is 53.4. The number of hydrogen-bond donors (Lipinski definition) is 3. The molecule has 0 spiro atoms. The fraction of sp³-hybridized carbons (Fsp3) is 0.500. The van der Waals surface area contributed by atoms with E-state index in [1.165, 1.54) is 19.4 Å². The average molecular weight is 441 g/mol. The molecule has 0 saturated heterocycles. The third-order valence-corrected chi connectivity index (χ3v) is 4.76. The lowest BCUT2D eigenvalue weighted by Crippen LogP contribution is -2.45. The first-order chi connectivity index (χ1) is 14.7. The molecule has 1 aromatic heterocycles. The third-order valence-electron chi connectivity index (χ3n) is 4.76. The fourth-order valence-corrected chi connectivity index (χ4v) is 3.16. The van der Waals surface area contributed by atoms with Gasteiger partial charge in [0.05, 0.1) is 13.2 Å². The van der Waals surface area contributed by atoms with Crippen LogP contribution in [0, 0.1) is 0 Å². The summed E-state index contributed by atoms with van der Waals surface area (Å²) in [6, 6.07) is 5.27. The van der Waals surface area contributed by atoms with E-state index >= 15 is 0 Å². The number of imidazole rings is 1. The first-order valence-corrected chi connectivity index (χ1v) is 9.96. The molecule has 0 amide bonds. The molecule has 170 valence electrons. The van der Waals surface area contributed by atoms with E-state index in [0.717, 1.165) is 11.0 Å². The summed E-state index contributed by atoms with van der Waals surface area (Å²) in [4.78, 5) is 7.89. The van der Waals surface area contributed by atoms with Crippen LogP contribution in [-0.4, -0.2) is 53.1 Å². The molecule has 1 aromatic carbocycles. The maximum Gasteiger partial charge on any atom is 0.424 e. The summed E-state index contributed by atoms with van der Waals surface area (Å²) in [5.74, 6) is 1.02. The SMILES string of the molecule is CCNC(=NCCC(O)(c1nccn1C)C(F)(F)F)Nc1ccc2c(c1)OCCCO2. The molecule has 3 rings (SSSR count). The summed E-state index contributed by atoms with van der Waals surface area (Å²) >= 11 is 0. The number of fused-ring (bicyclic) bond motifs is 1. The van der Waals surface area contributed by atoms with Gasteiger partial charge in [-0.25, -0.2) is 4.98 Å². The van der Waals surface area contributed by atoms with Crippen molar-refractivity contribution in [1.29, 1.82) is 0 Å². The van der Waals surface area contributed by atoms with Gasteiger partial charge in [-0.15, -0.1) is 0 Å². The van der Waals surface area contributed by atoms with Crippen molar-refractivity contribution in [2.75, 3.05) is 31.6 Å². The normalized spacial score (nSPS) is 16.4. The van der Waals surface area contributed by atoms with Crippen LogP contribution in [0.3, 0.4) is 0 Å². The number of ether oxygens (including phenoxy) is 2. The van der Waals surface area contributed by atoms with Crippen LogP contribution < -0.4 is 20.1 Å². The number of nitrogens with zero attached hydrogens (tertiary/aromatic N) is 3. The number of nitrogens with one attached hydrogen (secondary N) is 2. The molecule has 1 unspecified atom stereocenters. The molecular weight excluding hydrogens is 415 g/mol. The lowest BCUT2D eigenvalue weighted by molar-refractivity contribution is -0.272. The Morgan fingerprint density at radius 1 is 1.26 bits per heavy atom. The second kappa shape index (κ2) is 9.46. The maximum atomic E-state index is 13.7. The number of aliphatic hydroxyl groups is 1. The van der Waals surface area contributed by atoms with Crippen molar-refractivity contribution >= 4 is 11.6 Å². The highest BCUT2D eigenvalue weighted by atomic mass is 19.4. The summed E-state index contributed by atoms with van der Waals surface area (Å²) in [6.07, 6.45) is -2.24. The minimum Gasteiger partial charge on any atom is -0.490 e. The lowest BCUT2D eigenvalue weighted by atomic mass is 9.98. The van der Waals surface area contributed by atoms with Gasteiger partial charge in [0, 0.05) is 57.1 Å². The standard InChI is InChI=1S/C20H26F3N5O3/c1-3-24-18(27-14-5-6-15-16(13-14)31-12-4-11-30-15)26-8-7-19(29,20(21,22)23)17-25-9-10-28(17)2/h5-6,9-10,13,29H,3-4,7-8,11-12H2,1-2H3,(H2,24,26,27). The number of rotatable bonds is 6. The Morgan fingerprint density at radius 3 is 2.65 bits per heavy atom. The molecule has 1 atom stereocenters. The predicted molar refractivity (Wildman–Crippen MR) is 109 cm³/mol. The highest BCUT2D eigenvalue weighted by Crippen LogP contribution is 2.40. The quantitative estimate of drug-likeness (QED) is 0.472. The maximum absolute atomic E-state index is 13.7. The minimum atomic E-state index is -4.90. The van der Waals surface area contributed by atoms with Gasteiger partial charge >= 0.3 is 6.18 Å². The molecule has 1 aliphatic rings. The number of aryl methyl sites for hydroxylation is 1. The van der Waals surface area contributed by atoms with Gasteiger partial charge in [0.1, 0.15) is 5.82 Å². The van der Waals surface area contributed by atoms with Crippen LogP contribution in [-0.2, 0) is 12.6 Å². The Hall–Kier alpha value is -2.95. The zero-order valence-corrected chi connectivity index (χ0v) is 17.4. The van der Waals surface area contributed by atoms with Crippen LogP contribution in [0.15, 0.2) is 35.6 Å². The number of anilines is 1. The number of benzene rings is 1. The highest BCUT2D eigenvalue weighted by molar-refractivity contribution is 5.93. The summed E-state index contributed by atoms with van der Waals surface area (Å²) in [5.41, 5.74) is -2.47. The Balaban J connectivity index is 1.75. The van der Waals surface area contributed by atoms with E-state index in [1.807, 2.05) is 6.92 Å². The molecule has 0 saturated carbocycles. The van der Waals surface area contributed by atoms with Gasteiger partial charge in [-0.2, -0.15) is 13.2 Å². The van der Waals surface area contributed by atoms with Crippen LogP contribution in [0.5, 0.6) is 11.5 Å². The van der Waals surface area contributed by atoms with Gasteiger partial charge in [-0.3, -0.25) is 4.99 Å². The molecule has 2 heterocycles. The fourth-order valence-electron chi connectivity index (χ4n) is 3.16. The monoisotopic (exact) mass is 441 g/mol. The van der Waals surface area contributed by atoms with E-state index in [4.69, 9.17) is 9.47 Å². The first kappa shape index (κ1) is 22.7. The molecule has 0 radical (unpaired) electrons. The Kier molecular flexibility index (Phi) is 6.94. The van der Waals surface area contributed by atoms with Crippen LogP contribution in [0.1, 0.15) is 25.6 Å². The Morgan fingerprint density at radius 2 is 2.00 bits per heavy atom. The van der Waals surface area contributed by atoms with Crippen LogP contribution >= 0.6 is 0 Å². The largest absolute Gasteiger partial charge is 0.490 e.